The Hall–Kier alpha value is -4.29. The SMILES string of the molecule is CCn1nccc1C(=O)/C=C/c1ccc(OC)c(CSc2nc(C(F)F)cc(-c3ccccc3)c2C#N)c1. The van der Waals surface area contributed by atoms with Crippen LogP contribution in [0.5, 0.6) is 5.75 Å². The summed E-state index contributed by atoms with van der Waals surface area (Å²) in [6.45, 7) is 2.50. The van der Waals surface area contributed by atoms with Crippen LogP contribution in [0.1, 0.15) is 46.2 Å². The van der Waals surface area contributed by atoms with E-state index in [4.69, 9.17) is 4.74 Å². The van der Waals surface area contributed by atoms with Crippen molar-refractivity contribution in [3.8, 4) is 22.9 Å². The van der Waals surface area contributed by atoms with Crippen molar-refractivity contribution in [2.24, 2.45) is 0 Å². The van der Waals surface area contributed by atoms with Gasteiger partial charge in [-0.1, -0.05) is 42.5 Å². The number of carbonyl (C=O) groups is 1. The molecule has 2 heterocycles. The van der Waals surface area contributed by atoms with E-state index < -0.39 is 6.43 Å². The number of hydrogen-bond acceptors (Lipinski definition) is 6. The monoisotopic (exact) mass is 530 g/mol. The van der Waals surface area contributed by atoms with E-state index in [-0.39, 0.29) is 22.1 Å². The van der Waals surface area contributed by atoms with E-state index >= 15 is 0 Å². The molecule has 0 unspecified atom stereocenters. The Kier molecular flexibility index (Phi) is 8.66. The third-order valence-corrected chi connectivity index (χ3v) is 6.81. The molecular formula is C29H24F2N4O2S. The summed E-state index contributed by atoms with van der Waals surface area (Å²) in [5.74, 6) is 0.734. The van der Waals surface area contributed by atoms with E-state index in [0.29, 0.717) is 34.9 Å². The summed E-state index contributed by atoms with van der Waals surface area (Å²) >= 11 is 1.18. The molecule has 0 bridgehead atoms. The lowest BCUT2D eigenvalue weighted by Gasteiger charge is -2.13. The molecular weight excluding hydrogens is 506 g/mol. The standard InChI is InChI=1S/C29H24F2N4O2S/c1-3-35-25(13-14-33-35)26(36)11-9-19-10-12-27(37-2)21(15-19)18-38-29-23(17-32)22(16-24(34-29)28(30)31)20-7-5-4-6-8-20/h4-16,28H,3,18H2,1-2H3/b11-9+. The van der Waals surface area contributed by atoms with Crippen molar-refractivity contribution >= 4 is 23.6 Å². The average Bonchev–Trinajstić information content (AvgIpc) is 3.44. The number of thioether (sulfide) groups is 1. The molecule has 192 valence electrons. The topological polar surface area (TPSA) is 80.8 Å². The first-order valence-electron chi connectivity index (χ1n) is 11.8. The predicted octanol–water partition coefficient (Wildman–Crippen LogP) is 6.97. The number of alkyl halides is 2. The molecule has 0 spiro atoms. The zero-order chi connectivity index (χ0) is 27.1. The molecule has 38 heavy (non-hydrogen) atoms. The van der Waals surface area contributed by atoms with E-state index in [1.807, 2.05) is 25.1 Å². The van der Waals surface area contributed by atoms with E-state index in [1.165, 1.54) is 23.9 Å². The second kappa shape index (κ2) is 12.3. The van der Waals surface area contributed by atoms with Crippen molar-refractivity contribution in [2.45, 2.75) is 30.7 Å². The third kappa shape index (κ3) is 5.98. The first-order chi connectivity index (χ1) is 18.4. The van der Waals surface area contributed by atoms with Gasteiger partial charge in [0.1, 0.15) is 28.2 Å². The molecule has 2 aromatic heterocycles. The normalized spacial score (nSPS) is 11.2. The van der Waals surface area contributed by atoms with Crippen LogP contribution in [0.15, 0.2) is 78.0 Å². The Morgan fingerprint density at radius 1 is 1.18 bits per heavy atom. The minimum absolute atomic E-state index is 0.170. The maximum atomic E-state index is 13.7. The van der Waals surface area contributed by atoms with Crippen LogP contribution in [-0.2, 0) is 12.3 Å². The zero-order valence-corrected chi connectivity index (χ0v) is 21.6. The summed E-state index contributed by atoms with van der Waals surface area (Å²) in [4.78, 5) is 16.7. The van der Waals surface area contributed by atoms with Crippen LogP contribution >= 0.6 is 11.8 Å². The Labute approximate surface area is 223 Å². The third-order valence-electron chi connectivity index (χ3n) is 5.79. The molecule has 0 fully saturated rings. The molecule has 0 radical (unpaired) electrons. The van der Waals surface area contributed by atoms with Gasteiger partial charge in [0.25, 0.3) is 6.43 Å². The van der Waals surface area contributed by atoms with Crippen LogP contribution in [0.3, 0.4) is 0 Å². The molecule has 0 aliphatic heterocycles. The van der Waals surface area contributed by atoms with Gasteiger partial charge in [0, 0.05) is 29.6 Å². The fraction of sp³-hybridized carbons (Fsp3) is 0.172. The number of aryl methyl sites for hydroxylation is 1. The van der Waals surface area contributed by atoms with Gasteiger partial charge < -0.3 is 4.74 Å². The molecule has 2 aromatic carbocycles. The number of methoxy groups -OCH3 is 1. The van der Waals surface area contributed by atoms with Gasteiger partial charge in [-0.25, -0.2) is 13.8 Å². The lowest BCUT2D eigenvalue weighted by molar-refractivity contribution is 0.103. The maximum absolute atomic E-state index is 13.7. The molecule has 0 amide bonds. The largest absolute Gasteiger partial charge is 0.496 e. The number of carbonyl (C=O) groups excluding carboxylic acids is 1. The summed E-state index contributed by atoms with van der Waals surface area (Å²) in [5.41, 5.74) is 2.94. The van der Waals surface area contributed by atoms with Gasteiger partial charge in [0.05, 0.1) is 12.7 Å². The first kappa shape index (κ1) is 26.8. The highest BCUT2D eigenvalue weighted by Crippen LogP contribution is 2.36. The van der Waals surface area contributed by atoms with Crippen molar-refractivity contribution in [2.75, 3.05) is 7.11 Å². The van der Waals surface area contributed by atoms with E-state index in [9.17, 15) is 18.8 Å². The molecule has 0 saturated carbocycles. The van der Waals surface area contributed by atoms with Gasteiger partial charge in [0.15, 0.2) is 0 Å². The Morgan fingerprint density at radius 2 is 1.97 bits per heavy atom. The fourth-order valence-electron chi connectivity index (χ4n) is 3.92. The lowest BCUT2D eigenvalue weighted by Crippen LogP contribution is -2.07. The van der Waals surface area contributed by atoms with Crippen LogP contribution in [-0.4, -0.2) is 27.7 Å². The first-order valence-corrected chi connectivity index (χ1v) is 12.8. The number of nitriles is 1. The predicted molar refractivity (Wildman–Crippen MR) is 143 cm³/mol. The molecule has 0 N–H and O–H groups in total. The smallest absolute Gasteiger partial charge is 0.280 e. The summed E-state index contributed by atoms with van der Waals surface area (Å²) in [6.07, 6.45) is 1.99. The van der Waals surface area contributed by atoms with Crippen molar-refractivity contribution in [3.05, 3.63) is 101 Å². The molecule has 0 aliphatic carbocycles. The quantitative estimate of drug-likeness (QED) is 0.125. The number of pyridine rings is 1. The number of hydrogen-bond donors (Lipinski definition) is 0. The summed E-state index contributed by atoms with van der Waals surface area (Å²) in [6, 6.07) is 19.5. The summed E-state index contributed by atoms with van der Waals surface area (Å²) in [7, 11) is 1.54. The Balaban J connectivity index is 1.63. The molecule has 0 saturated heterocycles. The lowest BCUT2D eigenvalue weighted by atomic mass is 10.0. The number of halogens is 2. The van der Waals surface area contributed by atoms with Gasteiger partial charge in [-0.3, -0.25) is 9.48 Å². The number of aromatic nitrogens is 3. The van der Waals surface area contributed by atoms with Crippen LogP contribution in [0, 0.1) is 11.3 Å². The van der Waals surface area contributed by atoms with Crippen LogP contribution in [0.25, 0.3) is 17.2 Å². The minimum atomic E-state index is -2.78. The molecule has 4 aromatic rings. The molecule has 6 nitrogen and oxygen atoms in total. The van der Waals surface area contributed by atoms with E-state index in [2.05, 4.69) is 16.2 Å². The minimum Gasteiger partial charge on any atom is -0.496 e. The Morgan fingerprint density at radius 3 is 2.66 bits per heavy atom. The highest BCUT2D eigenvalue weighted by Gasteiger charge is 2.20. The number of allylic oxidation sites excluding steroid dienone is 1. The number of ether oxygens (including phenoxy) is 1. The highest BCUT2D eigenvalue weighted by atomic mass is 32.2. The second-order valence-corrected chi connectivity index (χ2v) is 9.11. The van der Waals surface area contributed by atoms with Crippen LogP contribution < -0.4 is 4.74 Å². The number of rotatable bonds is 10. The summed E-state index contributed by atoms with van der Waals surface area (Å²) < 4.78 is 34.5. The number of ketones is 1. The van der Waals surface area contributed by atoms with Crippen molar-refractivity contribution < 1.29 is 18.3 Å². The molecule has 4 rings (SSSR count). The zero-order valence-electron chi connectivity index (χ0n) is 20.8. The Bertz CT molecular complexity index is 1510. The number of nitrogens with zero attached hydrogens (tertiary/aromatic N) is 4. The van der Waals surface area contributed by atoms with E-state index in [0.717, 1.165) is 11.1 Å². The van der Waals surface area contributed by atoms with Gasteiger partial charge in [0.2, 0.25) is 5.78 Å². The summed E-state index contributed by atoms with van der Waals surface area (Å²) in [5, 5.41) is 14.2. The van der Waals surface area contributed by atoms with Crippen LogP contribution in [0.4, 0.5) is 8.78 Å². The molecule has 0 atom stereocenters. The maximum Gasteiger partial charge on any atom is 0.280 e. The van der Waals surface area contributed by atoms with Crippen LogP contribution in [0.2, 0.25) is 0 Å². The fourth-order valence-corrected chi connectivity index (χ4v) is 4.91. The van der Waals surface area contributed by atoms with Crippen molar-refractivity contribution in [3.63, 3.8) is 0 Å². The average molecular weight is 531 g/mol. The highest BCUT2D eigenvalue weighted by molar-refractivity contribution is 7.98. The van der Waals surface area contributed by atoms with Gasteiger partial charge >= 0.3 is 0 Å². The van der Waals surface area contributed by atoms with Gasteiger partial charge in [-0.05, 0) is 48.4 Å². The molecule has 9 heteroatoms. The van der Waals surface area contributed by atoms with E-state index in [1.54, 1.807) is 60.5 Å². The van der Waals surface area contributed by atoms with Crippen molar-refractivity contribution in [1.29, 1.82) is 5.26 Å². The molecule has 0 aliphatic rings. The second-order valence-electron chi connectivity index (χ2n) is 8.14. The number of benzene rings is 2. The van der Waals surface area contributed by atoms with Gasteiger partial charge in [-0.15, -0.1) is 11.8 Å². The van der Waals surface area contributed by atoms with Gasteiger partial charge in [-0.2, -0.15) is 10.4 Å². The van der Waals surface area contributed by atoms with Crippen molar-refractivity contribution in [1.82, 2.24) is 14.8 Å².